The first-order valence-corrected chi connectivity index (χ1v) is 28.6. The number of rotatable bonds is 16. The molecule has 0 amide bonds. The predicted octanol–water partition coefficient (Wildman–Crippen LogP) is -0.265. The average Bonchev–Trinajstić information content (AvgIpc) is 3.94. The van der Waals surface area contributed by atoms with Gasteiger partial charge < -0.3 is 105 Å². The summed E-state index contributed by atoms with van der Waals surface area (Å²) in [5.74, 6) is -0.818. The van der Waals surface area contributed by atoms with Crippen molar-refractivity contribution in [1.82, 2.24) is 0 Å². The first-order chi connectivity index (χ1) is 35.9. The highest BCUT2D eigenvalue weighted by atomic mass is 16.8. The van der Waals surface area contributed by atoms with E-state index in [9.17, 15) is 71.5 Å². The van der Waals surface area contributed by atoms with Gasteiger partial charge in [0.2, 0.25) is 0 Å². The number of aliphatic hydroxyl groups is 14. The van der Waals surface area contributed by atoms with Crippen LogP contribution in [0.1, 0.15) is 127 Å². The van der Waals surface area contributed by atoms with Gasteiger partial charge in [0.05, 0.1) is 67.6 Å². The van der Waals surface area contributed by atoms with Crippen LogP contribution in [-0.4, -0.2) is 226 Å². The van der Waals surface area contributed by atoms with Gasteiger partial charge in [0.25, 0.3) is 0 Å². The van der Waals surface area contributed by atoms with E-state index >= 15 is 0 Å². The molecule has 0 bridgehead atoms. The van der Waals surface area contributed by atoms with Gasteiger partial charge in [-0.05, 0) is 113 Å². The molecule has 0 radical (unpaired) electrons. The van der Waals surface area contributed by atoms with Gasteiger partial charge in [-0.3, -0.25) is 0 Å². The largest absolute Gasteiger partial charge is 0.396 e. The van der Waals surface area contributed by atoms with Crippen LogP contribution < -0.4 is 0 Å². The average molecular weight is 1110 g/mol. The van der Waals surface area contributed by atoms with E-state index in [4.69, 9.17) is 33.2 Å². The highest BCUT2D eigenvalue weighted by molar-refractivity contribution is 5.32. The summed E-state index contributed by atoms with van der Waals surface area (Å²) in [5.41, 5.74) is -1.68. The van der Waals surface area contributed by atoms with Crippen LogP contribution >= 0.6 is 0 Å². The molecule has 3 aliphatic heterocycles. The summed E-state index contributed by atoms with van der Waals surface area (Å²) in [6.45, 7) is 18.4. The summed E-state index contributed by atoms with van der Waals surface area (Å²) in [4.78, 5) is 0. The lowest BCUT2D eigenvalue weighted by molar-refractivity contribution is -0.378. The minimum atomic E-state index is -1.83. The van der Waals surface area contributed by atoms with Crippen molar-refractivity contribution < 1.29 is 105 Å². The Kier molecular flexibility index (Phi) is 18.6. The Labute approximate surface area is 453 Å². The van der Waals surface area contributed by atoms with Crippen LogP contribution in [0.25, 0.3) is 0 Å². The molecule has 0 spiro atoms. The Morgan fingerprint density at radius 3 is 1.97 bits per heavy atom. The van der Waals surface area contributed by atoms with Crippen molar-refractivity contribution in [2.45, 2.75) is 261 Å². The number of fused-ring (bicyclic) bond motifs is 5. The normalized spacial score (nSPS) is 51.9. The molecule has 446 valence electrons. The van der Waals surface area contributed by atoms with Crippen LogP contribution in [-0.2, 0) is 33.2 Å². The van der Waals surface area contributed by atoms with Crippen LogP contribution in [0.2, 0.25) is 0 Å². The number of hydrogen-bond acceptors (Lipinski definition) is 21. The second kappa shape index (κ2) is 23.2. The van der Waals surface area contributed by atoms with Gasteiger partial charge in [-0.15, -0.1) is 0 Å². The van der Waals surface area contributed by atoms with Crippen molar-refractivity contribution in [3.63, 3.8) is 0 Å². The van der Waals surface area contributed by atoms with Gasteiger partial charge in [-0.25, -0.2) is 0 Å². The van der Waals surface area contributed by atoms with Crippen LogP contribution in [0.3, 0.4) is 0 Å². The lowest BCUT2D eigenvalue weighted by Gasteiger charge is -2.67. The maximum atomic E-state index is 12.7. The topological polar surface area (TPSA) is 348 Å². The summed E-state index contributed by atoms with van der Waals surface area (Å²) < 4.78 is 43.0. The van der Waals surface area contributed by atoms with Gasteiger partial charge in [0.1, 0.15) is 61.0 Å². The first kappa shape index (κ1) is 62.0. The van der Waals surface area contributed by atoms with E-state index in [0.717, 1.165) is 25.7 Å². The van der Waals surface area contributed by atoms with Crippen molar-refractivity contribution in [2.75, 3.05) is 19.8 Å². The van der Waals surface area contributed by atoms with E-state index in [2.05, 4.69) is 47.6 Å². The molecule has 30 atom stereocenters. The summed E-state index contributed by atoms with van der Waals surface area (Å²) >= 11 is 0. The Bertz CT molecular complexity index is 2000. The fourth-order valence-electron chi connectivity index (χ4n) is 16.2. The van der Waals surface area contributed by atoms with Crippen molar-refractivity contribution in [1.29, 1.82) is 0 Å². The van der Waals surface area contributed by atoms with Crippen molar-refractivity contribution in [3.8, 4) is 0 Å². The van der Waals surface area contributed by atoms with Gasteiger partial charge >= 0.3 is 0 Å². The van der Waals surface area contributed by atoms with E-state index in [1.165, 1.54) is 12.5 Å². The predicted molar refractivity (Wildman–Crippen MR) is 273 cm³/mol. The molecule has 0 unspecified atom stereocenters. The first-order valence-electron chi connectivity index (χ1n) is 28.6. The molecule has 0 aromatic carbocycles. The van der Waals surface area contributed by atoms with Crippen molar-refractivity contribution >= 4 is 0 Å². The summed E-state index contributed by atoms with van der Waals surface area (Å²) in [7, 11) is 0. The SMILES string of the molecule is C[C@H]1[C@H](O)[C@@H](O)[C@H](OC[C@H]2O[C@@H](O[C@H](CC[C@@H](C)[C@H]3CC[C@@]4(C)[C@@H]5CC=C6[C@@H](CC[C@H](O[C@@H]7C[C@H](CO)[C@@H](O)[C@H](O)[C@H]7O)C6(C)C)[C@]5(C)[C@H](O)C[C@]34C)C(C)(C)O)[C@H](O[C@@H]3O[C@@H](C)[C@H](O)[C@@H](O)[C@H]3O)[C@@H](O)[C@@H]2O)O[C@@H]1CO. The quantitative estimate of drug-likeness (QED) is 0.0885. The van der Waals surface area contributed by atoms with E-state index in [-0.39, 0.29) is 60.1 Å². The van der Waals surface area contributed by atoms with Gasteiger partial charge in [-0.2, -0.15) is 0 Å². The van der Waals surface area contributed by atoms with E-state index in [1.807, 2.05) is 0 Å². The molecule has 21 heteroatoms. The smallest absolute Gasteiger partial charge is 0.187 e. The van der Waals surface area contributed by atoms with Crippen LogP contribution in [0.5, 0.6) is 0 Å². The number of aliphatic hydroxyl groups excluding tert-OH is 13. The Hall–Kier alpha value is -1.10. The zero-order chi connectivity index (χ0) is 56.8. The third kappa shape index (κ3) is 10.9. The molecule has 21 nitrogen and oxygen atoms in total. The lowest BCUT2D eigenvalue weighted by atomic mass is 9.38. The number of ether oxygens (including phenoxy) is 7. The van der Waals surface area contributed by atoms with E-state index < -0.39 is 164 Å². The highest BCUT2D eigenvalue weighted by Gasteiger charge is 2.70. The molecule has 7 fully saturated rings. The minimum Gasteiger partial charge on any atom is -0.396 e. The monoisotopic (exact) mass is 1100 g/mol. The molecule has 5 aliphatic carbocycles. The van der Waals surface area contributed by atoms with Gasteiger partial charge in [0.15, 0.2) is 18.9 Å². The second-order valence-electron chi connectivity index (χ2n) is 26.7. The second-order valence-corrected chi connectivity index (χ2v) is 26.7. The zero-order valence-corrected chi connectivity index (χ0v) is 46.8. The summed E-state index contributed by atoms with van der Waals surface area (Å²) in [6.07, 6.45) is -19.6. The molecule has 77 heavy (non-hydrogen) atoms. The maximum absolute atomic E-state index is 12.7. The van der Waals surface area contributed by atoms with Crippen LogP contribution in [0.4, 0.5) is 0 Å². The molecule has 4 saturated carbocycles. The number of allylic oxidation sites excluding steroid dienone is 1. The van der Waals surface area contributed by atoms with Gasteiger partial charge in [0, 0.05) is 29.3 Å². The van der Waals surface area contributed by atoms with Gasteiger partial charge in [-0.1, -0.05) is 60.1 Å². The molecule has 8 aliphatic rings. The van der Waals surface area contributed by atoms with Crippen molar-refractivity contribution in [3.05, 3.63) is 11.6 Å². The highest BCUT2D eigenvalue weighted by Crippen LogP contribution is 2.75. The van der Waals surface area contributed by atoms with Crippen LogP contribution in [0, 0.1) is 57.2 Å². The molecule has 0 aromatic rings. The molecular weight excluding hydrogens is 1010 g/mol. The zero-order valence-electron chi connectivity index (χ0n) is 46.8. The Morgan fingerprint density at radius 1 is 0.675 bits per heavy atom. The summed E-state index contributed by atoms with van der Waals surface area (Å²) in [5, 5.41) is 153. The lowest BCUT2D eigenvalue weighted by Crippen LogP contribution is -2.65. The minimum absolute atomic E-state index is 0.0593. The Morgan fingerprint density at radius 2 is 1.32 bits per heavy atom. The fraction of sp³-hybridized carbons (Fsp3) is 0.964. The number of hydrogen-bond donors (Lipinski definition) is 14. The molecule has 14 N–H and O–H groups in total. The summed E-state index contributed by atoms with van der Waals surface area (Å²) in [6, 6.07) is 0. The Balaban J connectivity index is 0.982. The maximum Gasteiger partial charge on any atom is 0.187 e. The molecule has 8 rings (SSSR count). The standard InChI is InChI=1S/C56H96O21/c1-24(28-17-18-54(8)34-14-12-29-30(56(34,10)35(59)20-55(28,54)9)13-16-36(52(29,4)5)73-31-19-27(21-57)40(62)44(66)41(31)63)11-15-37(53(6,7)70)76-51-48(77-50-47(69)43(65)39(61)26(3)72-50)45(67)42(64)33(75-51)23-71-49-46(68)38(60)25(2)32(22-58)74-49/h12,24-28,30-51,57-70H,11,13-23H2,1-10H3/t24-,25-,26+,27-,28-,30-,31-,32-,33-,34+,35-,36+,37-,38+,39+,40-,41+,42-,43-,44+,45+,46-,47-,48-,49-,50+,51+,54+,55-,56+/m1/s1. The molecule has 0 aromatic heterocycles. The molecule has 3 saturated heterocycles. The van der Waals surface area contributed by atoms with Crippen molar-refractivity contribution in [2.24, 2.45) is 57.2 Å². The third-order valence-corrected chi connectivity index (χ3v) is 21.7. The third-order valence-electron chi connectivity index (χ3n) is 21.7. The fourth-order valence-corrected chi connectivity index (χ4v) is 16.2. The van der Waals surface area contributed by atoms with E-state index in [0.29, 0.717) is 19.3 Å². The molecule has 3 heterocycles. The molecular formula is C56H96O21. The van der Waals surface area contributed by atoms with E-state index in [1.54, 1.807) is 20.8 Å². The van der Waals surface area contributed by atoms with Crippen LogP contribution in [0.15, 0.2) is 11.6 Å².